The lowest BCUT2D eigenvalue weighted by Crippen LogP contribution is -1.95. The highest BCUT2D eigenvalue weighted by Crippen LogP contribution is 2.38. The van der Waals surface area contributed by atoms with Gasteiger partial charge >= 0.3 is 0 Å². The van der Waals surface area contributed by atoms with Gasteiger partial charge in [0.15, 0.2) is 5.75 Å². The Morgan fingerprint density at radius 3 is 2.43 bits per heavy atom. The normalized spacial score (nSPS) is 10.6. The van der Waals surface area contributed by atoms with E-state index in [0.29, 0.717) is 35.1 Å². The van der Waals surface area contributed by atoms with Gasteiger partial charge in [0.2, 0.25) is 0 Å². The molecule has 3 aromatic carbocycles. The number of phenols is 1. The summed E-state index contributed by atoms with van der Waals surface area (Å²) in [5.41, 5.74) is 3.41. The molecule has 0 atom stereocenters. The Labute approximate surface area is 163 Å². The molecule has 4 rings (SSSR count). The summed E-state index contributed by atoms with van der Waals surface area (Å²) in [4.78, 5) is 0. The molecule has 0 spiro atoms. The monoisotopic (exact) mass is 372 g/mol. The van der Waals surface area contributed by atoms with E-state index in [4.69, 9.17) is 9.47 Å². The second-order valence-corrected chi connectivity index (χ2v) is 6.48. The van der Waals surface area contributed by atoms with Crippen molar-refractivity contribution in [1.29, 1.82) is 0 Å². The first-order valence-corrected chi connectivity index (χ1v) is 8.97. The van der Waals surface area contributed by atoms with Gasteiger partial charge in [-0.2, -0.15) is 5.10 Å². The zero-order chi connectivity index (χ0) is 19.3. The predicted molar refractivity (Wildman–Crippen MR) is 108 cm³/mol. The second-order valence-electron chi connectivity index (χ2n) is 6.48. The molecule has 0 saturated heterocycles. The molecule has 0 aliphatic rings. The van der Waals surface area contributed by atoms with Crippen molar-refractivity contribution in [2.75, 3.05) is 0 Å². The fourth-order valence-electron chi connectivity index (χ4n) is 2.83. The topological polar surface area (TPSA) is 67.4 Å². The zero-order valence-corrected chi connectivity index (χ0v) is 15.4. The summed E-state index contributed by atoms with van der Waals surface area (Å²) in [6, 6.07) is 22.8. The van der Waals surface area contributed by atoms with E-state index < -0.39 is 0 Å². The van der Waals surface area contributed by atoms with Gasteiger partial charge in [0.05, 0.1) is 6.20 Å². The number of aromatic amines is 1. The second kappa shape index (κ2) is 7.88. The van der Waals surface area contributed by atoms with Crippen LogP contribution in [0.3, 0.4) is 0 Å². The molecule has 5 nitrogen and oxygen atoms in total. The summed E-state index contributed by atoms with van der Waals surface area (Å²) >= 11 is 0. The standard InChI is InChI=1S/C23H20N2O3/c1-16-7-9-18(10-8-16)28-22-14-24-25-23(22)20-12-11-19(13-21(20)26)27-15-17-5-3-2-4-6-17/h2-14,26H,15H2,1H3,(H,24,25). The Morgan fingerprint density at radius 2 is 1.68 bits per heavy atom. The molecular formula is C23H20N2O3. The Balaban J connectivity index is 1.52. The summed E-state index contributed by atoms with van der Waals surface area (Å²) in [5.74, 6) is 1.92. The molecule has 28 heavy (non-hydrogen) atoms. The van der Waals surface area contributed by atoms with Crippen molar-refractivity contribution in [2.45, 2.75) is 13.5 Å². The minimum Gasteiger partial charge on any atom is -0.507 e. The number of aryl methyl sites for hydroxylation is 1. The minimum absolute atomic E-state index is 0.0866. The van der Waals surface area contributed by atoms with Gasteiger partial charge in [-0.15, -0.1) is 0 Å². The zero-order valence-electron chi connectivity index (χ0n) is 15.4. The van der Waals surface area contributed by atoms with Crippen LogP contribution in [0.5, 0.6) is 23.0 Å². The van der Waals surface area contributed by atoms with Crippen LogP contribution in [0.25, 0.3) is 11.3 Å². The fraction of sp³-hybridized carbons (Fsp3) is 0.0870. The van der Waals surface area contributed by atoms with E-state index in [9.17, 15) is 5.11 Å². The van der Waals surface area contributed by atoms with Gasteiger partial charge < -0.3 is 14.6 Å². The van der Waals surface area contributed by atoms with Crippen LogP contribution in [-0.2, 0) is 6.61 Å². The van der Waals surface area contributed by atoms with Crippen LogP contribution in [0.1, 0.15) is 11.1 Å². The lowest BCUT2D eigenvalue weighted by atomic mass is 10.1. The van der Waals surface area contributed by atoms with E-state index in [0.717, 1.165) is 11.1 Å². The van der Waals surface area contributed by atoms with Crippen molar-refractivity contribution in [3.63, 3.8) is 0 Å². The summed E-state index contributed by atoms with van der Waals surface area (Å²) in [6.07, 6.45) is 1.59. The van der Waals surface area contributed by atoms with E-state index in [1.807, 2.05) is 67.6 Å². The number of hydrogen-bond acceptors (Lipinski definition) is 4. The maximum absolute atomic E-state index is 10.5. The molecule has 0 unspecified atom stereocenters. The molecule has 0 saturated carbocycles. The van der Waals surface area contributed by atoms with Crippen molar-refractivity contribution in [3.05, 3.63) is 90.1 Å². The molecule has 0 aliphatic heterocycles. The third-order valence-corrected chi connectivity index (χ3v) is 4.34. The number of hydrogen-bond donors (Lipinski definition) is 2. The van der Waals surface area contributed by atoms with Crippen LogP contribution in [0, 0.1) is 6.92 Å². The van der Waals surface area contributed by atoms with Crippen LogP contribution < -0.4 is 9.47 Å². The van der Waals surface area contributed by atoms with Gasteiger partial charge in [-0.1, -0.05) is 48.0 Å². The molecular weight excluding hydrogens is 352 g/mol. The number of nitrogens with zero attached hydrogens (tertiary/aromatic N) is 1. The highest BCUT2D eigenvalue weighted by molar-refractivity contribution is 5.73. The van der Waals surface area contributed by atoms with Gasteiger partial charge in [0.25, 0.3) is 0 Å². The molecule has 0 bridgehead atoms. The first-order chi connectivity index (χ1) is 13.7. The number of phenolic OH excluding ortho intramolecular Hbond substituents is 1. The largest absolute Gasteiger partial charge is 0.507 e. The van der Waals surface area contributed by atoms with Crippen molar-refractivity contribution in [2.24, 2.45) is 0 Å². The third-order valence-electron chi connectivity index (χ3n) is 4.34. The highest BCUT2D eigenvalue weighted by Gasteiger charge is 2.14. The number of aromatic hydroxyl groups is 1. The van der Waals surface area contributed by atoms with Crippen LogP contribution >= 0.6 is 0 Å². The first-order valence-electron chi connectivity index (χ1n) is 8.97. The Bertz CT molecular complexity index is 1060. The average molecular weight is 372 g/mol. The SMILES string of the molecule is Cc1ccc(Oc2cn[nH]c2-c2ccc(OCc3ccccc3)cc2O)cc1. The van der Waals surface area contributed by atoms with E-state index in [1.165, 1.54) is 0 Å². The Kier molecular flexibility index (Phi) is 4.97. The fourth-order valence-corrected chi connectivity index (χ4v) is 2.83. The molecule has 5 heteroatoms. The first kappa shape index (κ1) is 17.7. The number of aromatic nitrogens is 2. The maximum atomic E-state index is 10.5. The molecule has 1 heterocycles. The smallest absolute Gasteiger partial charge is 0.173 e. The summed E-state index contributed by atoms with van der Waals surface area (Å²) in [6.45, 7) is 2.46. The van der Waals surface area contributed by atoms with Gasteiger partial charge in [-0.25, -0.2) is 0 Å². The van der Waals surface area contributed by atoms with Crippen molar-refractivity contribution in [1.82, 2.24) is 10.2 Å². The van der Waals surface area contributed by atoms with Gasteiger partial charge in [-0.3, -0.25) is 5.10 Å². The number of H-pyrrole nitrogens is 1. The summed E-state index contributed by atoms with van der Waals surface area (Å²) in [5, 5.41) is 17.5. The Morgan fingerprint density at radius 1 is 0.929 bits per heavy atom. The molecule has 0 fully saturated rings. The highest BCUT2D eigenvalue weighted by atomic mass is 16.5. The number of benzene rings is 3. The third kappa shape index (κ3) is 3.99. The predicted octanol–water partition coefficient (Wildman–Crippen LogP) is 5.46. The van der Waals surface area contributed by atoms with E-state index in [1.54, 1.807) is 18.3 Å². The lowest BCUT2D eigenvalue weighted by molar-refractivity contribution is 0.304. The quantitative estimate of drug-likeness (QED) is 0.471. The van der Waals surface area contributed by atoms with Crippen LogP contribution in [0.2, 0.25) is 0 Å². The van der Waals surface area contributed by atoms with Crippen LogP contribution in [-0.4, -0.2) is 15.3 Å². The molecule has 0 aliphatic carbocycles. The molecule has 140 valence electrons. The van der Waals surface area contributed by atoms with Gasteiger partial charge in [0, 0.05) is 11.6 Å². The summed E-state index contributed by atoms with van der Waals surface area (Å²) < 4.78 is 11.7. The summed E-state index contributed by atoms with van der Waals surface area (Å²) in [7, 11) is 0. The van der Waals surface area contributed by atoms with E-state index >= 15 is 0 Å². The number of ether oxygens (including phenoxy) is 2. The average Bonchev–Trinajstić information content (AvgIpc) is 3.17. The van der Waals surface area contributed by atoms with E-state index in [-0.39, 0.29) is 5.75 Å². The number of nitrogens with one attached hydrogen (secondary N) is 1. The van der Waals surface area contributed by atoms with Crippen molar-refractivity contribution in [3.8, 4) is 34.3 Å². The minimum atomic E-state index is 0.0866. The number of rotatable bonds is 6. The van der Waals surface area contributed by atoms with Gasteiger partial charge in [0.1, 0.15) is 29.5 Å². The van der Waals surface area contributed by atoms with Crippen molar-refractivity contribution < 1.29 is 14.6 Å². The maximum Gasteiger partial charge on any atom is 0.173 e. The molecule has 2 N–H and O–H groups in total. The molecule has 1 aromatic heterocycles. The molecule has 0 radical (unpaired) electrons. The lowest BCUT2D eigenvalue weighted by Gasteiger charge is -2.10. The van der Waals surface area contributed by atoms with Crippen LogP contribution in [0.4, 0.5) is 0 Å². The molecule has 0 amide bonds. The van der Waals surface area contributed by atoms with Crippen molar-refractivity contribution >= 4 is 0 Å². The van der Waals surface area contributed by atoms with Crippen LogP contribution in [0.15, 0.2) is 79.0 Å². The van der Waals surface area contributed by atoms with E-state index in [2.05, 4.69) is 10.2 Å². The molecule has 4 aromatic rings. The van der Waals surface area contributed by atoms with Gasteiger partial charge in [-0.05, 0) is 36.8 Å². The Hall–Kier alpha value is -3.73.